The molecule has 84 valence electrons. The van der Waals surface area contributed by atoms with Gasteiger partial charge in [0.05, 0.1) is 11.9 Å². The second-order valence-electron chi connectivity index (χ2n) is 3.06. The van der Waals surface area contributed by atoms with E-state index in [1.807, 2.05) is 0 Å². The van der Waals surface area contributed by atoms with Crippen LogP contribution in [0, 0.1) is 0 Å². The van der Waals surface area contributed by atoms with Crippen LogP contribution in [0.2, 0.25) is 0 Å². The summed E-state index contributed by atoms with van der Waals surface area (Å²) in [5.74, 6) is 0.308. The average Bonchev–Trinajstić information content (AvgIpc) is 2.65. The standard InChI is InChI=1S/C10H9F2N3O/c11-9(12)16-8-4-2-1-3-6(8)7-5-14-10(13)15-7/h1-5,9H,(H3,13,14,15). The van der Waals surface area contributed by atoms with E-state index in [0.29, 0.717) is 11.3 Å². The second-order valence-corrected chi connectivity index (χ2v) is 3.06. The molecule has 2 aromatic rings. The highest BCUT2D eigenvalue weighted by atomic mass is 19.3. The molecule has 0 fully saturated rings. The number of aromatic nitrogens is 2. The lowest BCUT2D eigenvalue weighted by Crippen LogP contribution is -2.03. The third-order valence-corrected chi connectivity index (χ3v) is 1.99. The Bertz CT molecular complexity index is 484. The third-order valence-electron chi connectivity index (χ3n) is 1.99. The number of nitrogen functional groups attached to an aromatic ring is 1. The molecule has 0 aliphatic rings. The molecule has 0 saturated heterocycles. The molecule has 1 heterocycles. The highest BCUT2D eigenvalue weighted by Gasteiger charge is 2.11. The molecule has 6 heteroatoms. The Labute approximate surface area is 90.1 Å². The van der Waals surface area contributed by atoms with Crippen molar-refractivity contribution in [1.29, 1.82) is 0 Å². The monoisotopic (exact) mass is 225 g/mol. The number of nitrogens with one attached hydrogen (secondary N) is 1. The maximum Gasteiger partial charge on any atom is 0.387 e. The van der Waals surface area contributed by atoms with Gasteiger partial charge < -0.3 is 15.5 Å². The Hall–Kier alpha value is -2.11. The van der Waals surface area contributed by atoms with Gasteiger partial charge in [-0.1, -0.05) is 12.1 Å². The summed E-state index contributed by atoms with van der Waals surface area (Å²) < 4.78 is 28.7. The highest BCUT2D eigenvalue weighted by Crippen LogP contribution is 2.29. The van der Waals surface area contributed by atoms with Crippen molar-refractivity contribution in [1.82, 2.24) is 9.97 Å². The first kappa shape index (κ1) is 10.4. The summed E-state index contributed by atoms with van der Waals surface area (Å²) in [6.45, 7) is -2.86. The van der Waals surface area contributed by atoms with Gasteiger partial charge in [-0.05, 0) is 12.1 Å². The first-order chi connectivity index (χ1) is 7.66. The van der Waals surface area contributed by atoms with Gasteiger partial charge in [-0.3, -0.25) is 0 Å². The first-order valence-corrected chi connectivity index (χ1v) is 4.51. The number of benzene rings is 1. The molecule has 1 aromatic carbocycles. The van der Waals surface area contributed by atoms with Gasteiger partial charge in [0, 0.05) is 5.56 Å². The van der Waals surface area contributed by atoms with Crippen LogP contribution in [0.5, 0.6) is 5.75 Å². The zero-order valence-corrected chi connectivity index (χ0v) is 8.15. The van der Waals surface area contributed by atoms with Crippen LogP contribution in [0.3, 0.4) is 0 Å². The number of hydrogen-bond acceptors (Lipinski definition) is 3. The molecule has 1 aromatic heterocycles. The molecule has 0 amide bonds. The number of aromatic amines is 1. The number of anilines is 1. The minimum Gasteiger partial charge on any atom is -0.434 e. The third kappa shape index (κ3) is 2.10. The predicted molar refractivity (Wildman–Crippen MR) is 55.1 cm³/mol. The Balaban J connectivity index is 2.40. The molecule has 0 spiro atoms. The smallest absolute Gasteiger partial charge is 0.387 e. The number of nitrogens with two attached hydrogens (primary N) is 1. The van der Waals surface area contributed by atoms with Crippen LogP contribution in [-0.4, -0.2) is 16.6 Å². The minimum atomic E-state index is -2.86. The van der Waals surface area contributed by atoms with Gasteiger partial charge in [-0.2, -0.15) is 8.78 Å². The van der Waals surface area contributed by atoms with Gasteiger partial charge in [0.2, 0.25) is 0 Å². The number of ether oxygens (including phenoxy) is 1. The summed E-state index contributed by atoms with van der Waals surface area (Å²) in [6.07, 6.45) is 1.46. The van der Waals surface area contributed by atoms with Gasteiger partial charge in [0.25, 0.3) is 0 Å². The largest absolute Gasteiger partial charge is 0.434 e. The van der Waals surface area contributed by atoms with Crippen molar-refractivity contribution in [2.75, 3.05) is 5.73 Å². The SMILES string of the molecule is Nc1ncc(-c2ccccc2OC(F)F)[nH]1. The van der Waals surface area contributed by atoms with Crippen molar-refractivity contribution in [2.24, 2.45) is 0 Å². The van der Waals surface area contributed by atoms with E-state index < -0.39 is 6.61 Å². The zero-order valence-electron chi connectivity index (χ0n) is 8.15. The van der Waals surface area contributed by atoms with Crippen LogP contribution in [0.1, 0.15) is 0 Å². The maximum absolute atomic E-state index is 12.1. The molecule has 0 aliphatic carbocycles. The molecule has 0 atom stereocenters. The van der Waals surface area contributed by atoms with Gasteiger partial charge in [0.1, 0.15) is 5.75 Å². The Morgan fingerprint density at radius 3 is 2.69 bits per heavy atom. The summed E-state index contributed by atoms with van der Waals surface area (Å²) in [4.78, 5) is 6.54. The van der Waals surface area contributed by atoms with Gasteiger partial charge in [0.15, 0.2) is 5.95 Å². The molecular formula is C10H9F2N3O. The van der Waals surface area contributed by atoms with Crippen molar-refractivity contribution in [2.45, 2.75) is 6.61 Å². The van der Waals surface area contributed by atoms with Crippen molar-refractivity contribution in [3.05, 3.63) is 30.5 Å². The van der Waals surface area contributed by atoms with Gasteiger partial charge in [-0.15, -0.1) is 0 Å². The molecular weight excluding hydrogens is 216 g/mol. The minimum absolute atomic E-state index is 0.0844. The fraction of sp³-hybridized carbons (Fsp3) is 0.100. The molecule has 0 bridgehead atoms. The molecule has 0 unspecified atom stereocenters. The normalized spacial score (nSPS) is 10.7. The topological polar surface area (TPSA) is 63.9 Å². The van der Waals surface area contributed by atoms with Crippen LogP contribution >= 0.6 is 0 Å². The van der Waals surface area contributed by atoms with Crippen LogP contribution in [0.15, 0.2) is 30.5 Å². The number of H-pyrrole nitrogens is 1. The number of para-hydroxylation sites is 1. The summed E-state index contributed by atoms with van der Waals surface area (Å²) in [6, 6.07) is 6.43. The fourth-order valence-electron chi connectivity index (χ4n) is 1.36. The quantitative estimate of drug-likeness (QED) is 0.842. The van der Waals surface area contributed by atoms with E-state index >= 15 is 0 Å². The molecule has 0 aliphatic heterocycles. The van der Waals surface area contributed by atoms with Crippen molar-refractivity contribution < 1.29 is 13.5 Å². The van der Waals surface area contributed by atoms with E-state index in [2.05, 4.69) is 14.7 Å². The number of imidazole rings is 1. The summed E-state index contributed by atoms with van der Waals surface area (Å²) >= 11 is 0. The number of rotatable bonds is 3. The number of nitrogens with zero attached hydrogens (tertiary/aromatic N) is 1. The Morgan fingerprint density at radius 2 is 2.06 bits per heavy atom. The van der Waals surface area contributed by atoms with Crippen LogP contribution < -0.4 is 10.5 Å². The molecule has 0 saturated carbocycles. The molecule has 3 N–H and O–H groups in total. The van der Waals surface area contributed by atoms with Crippen LogP contribution in [0.25, 0.3) is 11.3 Å². The summed E-state index contributed by atoms with van der Waals surface area (Å²) in [5, 5.41) is 0. The molecule has 0 radical (unpaired) electrons. The number of alkyl halides is 2. The van der Waals surface area contributed by atoms with E-state index in [0.717, 1.165) is 0 Å². The number of hydrogen-bond donors (Lipinski definition) is 2. The summed E-state index contributed by atoms with van der Waals surface area (Å²) in [7, 11) is 0. The lowest BCUT2D eigenvalue weighted by molar-refractivity contribution is -0.0494. The van der Waals surface area contributed by atoms with E-state index in [1.165, 1.54) is 12.3 Å². The molecule has 16 heavy (non-hydrogen) atoms. The Morgan fingerprint density at radius 1 is 1.31 bits per heavy atom. The zero-order chi connectivity index (χ0) is 11.5. The van der Waals surface area contributed by atoms with Crippen LogP contribution in [0.4, 0.5) is 14.7 Å². The Kier molecular flexibility index (Phi) is 2.72. The van der Waals surface area contributed by atoms with Crippen molar-refractivity contribution in [3.8, 4) is 17.0 Å². The number of halogens is 2. The van der Waals surface area contributed by atoms with E-state index in [1.54, 1.807) is 18.2 Å². The maximum atomic E-state index is 12.1. The van der Waals surface area contributed by atoms with E-state index in [9.17, 15) is 8.78 Å². The van der Waals surface area contributed by atoms with E-state index in [-0.39, 0.29) is 11.7 Å². The van der Waals surface area contributed by atoms with Gasteiger partial charge in [-0.25, -0.2) is 4.98 Å². The lowest BCUT2D eigenvalue weighted by Gasteiger charge is -2.08. The fourth-order valence-corrected chi connectivity index (χ4v) is 1.36. The predicted octanol–water partition coefficient (Wildman–Crippen LogP) is 2.26. The van der Waals surface area contributed by atoms with Gasteiger partial charge >= 0.3 is 6.61 Å². The first-order valence-electron chi connectivity index (χ1n) is 4.51. The van der Waals surface area contributed by atoms with Crippen LogP contribution in [-0.2, 0) is 0 Å². The molecule has 2 rings (SSSR count). The lowest BCUT2D eigenvalue weighted by atomic mass is 10.1. The highest BCUT2D eigenvalue weighted by molar-refractivity contribution is 5.67. The van der Waals surface area contributed by atoms with Crippen molar-refractivity contribution in [3.63, 3.8) is 0 Å². The van der Waals surface area contributed by atoms with Crippen molar-refractivity contribution >= 4 is 5.95 Å². The summed E-state index contributed by atoms with van der Waals surface area (Å²) in [5.41, 5.74) is 6.44. The van der Waals surface area contributed by atoms with E-state index in [4.69, 9.17) is 5.73 Å². The molecule has 4 nitrogen and oxygen atoms in total. The average molecular weight is 225 g/mol. The second kappa shape index (κ2) is 4.18.